The lowest BCUT2D eigenvalue weighted by Gasteiger charge is -2.07. The standard InChI is InChI=1S/C18H16FN3O3/c19-12-3-5-13(6-4-12)21-17(24)16-10-25-18(22-16)15(20)9-11-1-7-14(23)8-2-11/h1-8,10,15,23H,9,20H2,(H,21,24). The van der Waals surface area contributed by atoms with Gasteiger partial charge >= 0.3 is 0 Å². The fourth-order valence-corrected chi connectivity index (χ4v) is 2.26. The molecule has 1 amide bonds. The van der Waals surface area contributed by atoms with Crippen LogP contribution in [0.5, 0.6) is 5.75 Å². The Kier molecular flexibility index (Phi) is 4.76. The molecule has 128 valence electrons. The first-order valence-electron chi connectivity index (χ1n) is 7.57. The quantitative estimate of drug-likeness (QED) is 0.662. The summed E-state index contributed by atoms with van der Waals surface area (Å²) < 4.78 is 18.2. The lowest BCUT2D eigenvalue weighted by Crippen LogP contribution is -2.16. The number of aromatic hydroxyl groups is 1. The molecule has 0 aliphatic heterocycles. The second-order valence-electron chi connectivity index (χ2n) is 5.51. The van der Waals surface area contributed by atoms with Gasteiger partial charge in [-0.25, -0.2) is 9.37 Å². The van der Waals surface area contributed by atoms with Crippen LogP contribution in [0, 0.1) is 5.82 Å². The fraction of sp³-hybridized carbons (Fsp3) is 0.111. The summed E-state index contributed by atoms with van der Waals surface area (Å²) in [5.41, 5.74) is 7.49. The minimum Gasteiger partial charge on any atom is -0.508 e. The molecule has 1 heterocycles. The van der Waals surface area contributed by atoms with Crippen LogP contribution in [0.2, 0.25) is 0 Å². The summed E-state index contributed by atoms with van der Waals surface area (Å²) in [6.45, 7) is 0. The average molecular weight is 341 g/mol. The molecule has 3 rings (SSSR count). The van der Waals surface area contributed by atoms with Gasteiger partial charge in [0.05, 0.1) is 6.04 Å². The van der Waals surface area contributed by atoms with Crippen molar-refractivity contribution >= 4 is 11.6 Å². The average Bonchev–Trinajstić information content (AvgIpc) is 3.09. The number of anilines is 1. The van der Waals surface area contributed by atoms with Gasteiger partial charge < -0.3 is 20.6 Å². The Morgan fingerprint density at radius 2 is 1.88 bits per heavy atom. The van der Waals surface area contributed by atoms with E-state index in [9.17, 15) is 14.3 Å². The number of oxazole rings is 1. The number of hydrogen-bond acceptors (Lipinski definition) is 5. The zero-order valence-corrected chi connectivity index (χ0v) is 13.1. The first kappa shape index (κ1) is 16.7. The third-order valence-electron chi connectivity index (χ3n) is 3.57. The van der Waals surface area contributed by atoms with Crippen molar-refractivity contribution in [3.63, 3.8) is 0 Å². The molecule has 7 heteroatoms. The normalized spacial score (nSPS) is 11.9. The molecule has 0 saturated heterocycles. The van der Waals surface area contributed by atoms with Crippen LogP contribution in [-0.4, -0.2) is 16.0 Å². The van der Waals surface area contributed by atoms with Gasteiger partial charge in [-0.2, -0.15) is 0 Å². The number of carbonyl (C=O) groups excluding carboxylic acids is 1. The molecule has 0 spiro atoms. The number of benzene rings is 2. The largest absolute Gasteiger partial charge is 0.508 e. The van der Waals surface area contributed by atoms with Crippen LogP contribution in [0.3, 0.4) is 0 Å². The molecule has 0 aliphatic rings. The highest BCUT2D eigenvalue weighted by atomic mass is 19.1. The van der Waals surface area contributed by atoms with E-state index in [1.54, 1.807) is 24.3 Å². The molecule has 1 atom stereocenters. The number of aromatic nitrogens is 1. The van der Waals surface area contributed by atoms with E-state index >= 15 is 0 Å². The van der Waals surface area contributed by atoms with Crippen LogP contribution in [0.25, 0.3) is 0 Å². The number of hydrogen-bond donors (Lipinski definition) is 3. The van der Waals surface area contributed by atoms with E-state index in [0.29, 0.717) is 12.1 Å². The maximum atomic E-state index is 12.9. The van der Waals surface area contributed by atoms with Gasteiger partial charge in [0, 0.05) is 5.69 Å². The van der Waals surface area contributed by atoms with Crippen LogP contribution in [0.1, 0.15) is 28.0 Å². The zero-order valence-electron chi connectivity index (χ0n) is 13.1. The van der Waals surface area contributed by atoms with Gasteiger partial charge in [-0.05, 0) is 48.4 Å². The fourth-order valence-electron chi connectivity index (χ4n) is 2.26. The van der Waals surface area contributed by atoms with Crippen molar-refractivity contribution in [3.05, 3.63) is 77.8 Å². The van der Waals surface area contributed by atoms with E-state index in [1.807, 2.05) is 0 Å². The number of rotatable bonds is 5. The predicted octanol–water partition coefficient (Wildman–Crippen LogP) is 3.01. The molecule has 25 heavy (non-hydrogen) atoms. The Morgan fingerprint density at radius 3 is 2.56 bits per heavy atom. The molecule has 0 saturated carbocycles. The summed E-state index contributed by atoms with van der Waals surface area (Å²) in [6.07, 6.45) is 1.67. The van der Waals surface area contributed by atoms with Gasteiger partial charge in [-0.1, -0.05) is 12.1 Å². The van der Waals surface area contributed by atoms with Crippen molar-refractivity contribution < 1.29 is 18.7 Å². The number of nitrogens with zero attached hydrogens (tertiary/aromatic N) is 1. The number of amides is 1. The number of nitrogens with two attached hydrogens (primary N) is 1. The van der Waals surface area contributed by atoms with Crippen molar-refractivity contribution in [3.8, 4) is 5.75 Å². The number of phenolic OH excluding ortho intramolecular Hbond substituents is 1. The van der Waals surface area contributed by atoms with Crippen molar-refractivity contribution in [2.45, 2.75) is 12.5 Å². The van der Waals surface area contributed by atoms with Gasteiger partial charge in [-0.15, -0.1) is 0 Å². The summed E-state index contributed by atoms with van der Waals surface area (Å²) in [7, 11) is 0. The van der Waals surface area contributed by atoms with E-state index in [2.05, 4.69) is 10.3 Å². The Bertz CT molecular complexity index is 860. The number of halogens is 1. The molecule has 1 aromatic heterocycles. The van der Waals surface area contributed by atoms with Crippen molar-refractivity contribution in [2.75, 3.05) is 5.32 Å². The summed E-state index contributed by atoms with van der Waals surface area (Å²) in [6, 6.07) is 11.5. The second-order valence-corrected chi connectivity index (χ2v) is 5.51. The molecular formula is C18H16FN3O3. The topological polar surface area (TPSA) is 101 Å². The highest BCUT2D eigenvalue weighted by Crippen LogP contribution is 2.18. The monoisotopic (exact) mass is 341 g/mol. The molecule has 0 radical (unpaired) electrons. The lowest BCUT2D eigenvalue weighted by molar-refractivity contribution is 0.102. The highest BCUT2D eigenvalue weighted by molar-refractivity contribution is 6.02. The van der Waals surface area contributed by atoms with Crippen LogP contribution in [0.15, 0.2) is 59.2 Å². The predicted molar refractivity (Wildman–Crippen MR) is 89.6 cm³/mol. The van der Waals surface area contributed by atoms with Crippen molar-refractivity contribution in [2.24, 2.45) is 5.73 Å². The first-order valence-corrected chi connectivity index (χ1v) is 7.57. The summed E-state index contributed by atoms with van der Waals surface area (Å²) in [5.74, 6) is -0.453. The Hall–Kier alpha value is -3.19. The van der Waals surface area contributed by atoms with Crippen molar-refractivity contribution in [1.82, 2.24) is 4.98 Å². The summed E-state index contributed by atoms with van der Waals surface area (Å²) in [4.78, 5) is 16.2. The Balaban J connectivity index is 1.65. The van der Waals surface area contributed by atoms with Gasteiger partial charge in [0.2, 0.25) is 5.89 Å². The van der Waals surface area contributed by atoms with E-state index in [4.69, 9.17) is 10.2 Å². The number of carbonyl (C=O) groups is 1. The summed E-state index contributed by atoms with van der Waals surface area (Å²) >= 11 is 0. The van der Waals surface area contributed by atoms with Crippen LogP contribution in [0.4, 0.5) is 10.1 Å². The smallest absolute Gasteiger partial charge is 0.277 e. The van der Waals surface area contributed by atoms with Crippen LogP contribution >= 0.6 is 0 Å². The zero-order chi connectivity index (χ0) is 17.8. The number of phenols is 1. The lowest BCUT2D eigenvalue weighted by atomic mass is 10.1. The van der Waals surface area contributed by atoms with E-state index in [-0.39, 0.29) is 23.2 Å². The van der Waals surface area contributed by atoms with E-state index < -0.39 is 11.9 Å². The Morgan fingerprint density at radius 1 is 1.20 bits per heavy atom. The minimum absolute atomic E-state index is 0.0838. The van der Waals surface area contributed by atoms with E-state index in [1.165, 1.54) is 30.5 Å². The SMILES string of the molecule is NC(Cc1ccc(O)cc1)c1nc(C(=O)Nc2ccc(F)cc2)co1. The number of nitrogens with one attached hydrogen (secondary N) is 1. The minimum atomic E-state index is -0.531. The second kappa shape index (κ2) is 7.14. The molecule has 1 unspecified atom stereocenters. The molecule has 0 bridgehead atoms. The van der Waals surface area contributed by atoms with Gasteiger partial charge in [0.1, 0.15) is 17.8 Å². The van der Waals surface area contributed by atoms with Gasteiger partial charge in [-0.3, -0.25) is 4.79 Å². The van der Waals surface area contributed by atoms with Crippen LogP contribution < -0.4 is 11.1 Å². The van der Waals surface area contributed by atoms with Crippen molar-refractivity contribution in [1.29, 1.82) is 0 Å². The highest BCUT2D eigenvalue weighted by Gasteiger charge is 2.17. The third kappa shape index (κ3) is 4.21. The maximum Gasteiger partial charge on any atom is 0.277 e. The Labute approximate surface area is 143 Å². The molecule has 0 aliphatic carbocycles. The molecule has 6 nitrogen and oxygen atoms in total. The maximum absolute atomic E-state index is 12.9. The first-order chi connectivity index (χ1) is 12.0. The van der Waals surface area contributed by atoms with Crippen LogP contribution in [-0.2, 0) is 6.42 Å². The molecule has 2 aromatic carbocycles. The third-order valence-corrected chi connectivity index (χ3v) is 3.57. The molecule has 0 fully saturated rings. The van der Waals surface area contributed by atoms with Gasteiger partial charge in [0.15, 0.2) is 5.69 Å². The molecule has 4 N–H and O–H groups in total. The molecular weight excluding hydrogens is 325 g/mol. The van der Waals surface area contributed by atoms with Gasteiger partial charge in [0.25, 0.3) is 5.91 Å². The molecule has 3 aromatic rings. The summed E-state index contributed by atoms with van der Waals surface area (Å²) in [5, 5.41) is 11.9. The van der Waals surface area contributed by atoms with E-state index in [0.717, 1.165) is 5.56 Å².